The molecule has 1 atom stereocenters. The highest BCUT2D eigenvalue weighted by atomic mass is 16.2. The maximum absolute atomic E-state index is 10.5. The summed E-state index contributed by atoms with van der Waals surface area (Å²) in [6.07, 6.45) is -0.794. The Bertz CT molecular complexity index is 177. The van der Waals surface area contributed by atoms with Crippen molar-refractivity contribution >= 4 is 18.7 Å². The van der Waals surface area contributed by atoms with Crippen molar-refractivity contribution in [2.75, 3.05) is 0 Å². The van der Waals surface area contributed by atoms with Gasteiger partial charge in [-0.1, -0.05) is 0 Å². The zero-order valence-electron chi connectivity index (χ0n) is 4.55. The van der Waals surface area contributed by atoms with Crippen LogP contribution in [0.25, 0.3) is 0 Å². The third-order valence-electron chi connectivity index (χ3n) is 0.935. The topological polar surface area (TPSA) is 70.6 Å². The van der Waals surface area contributed by atoms with E-state index in [1.54, 1.807) is 0 Å². The lowest BCUT2D eigenvalue weighted by molar-refractivity contribution is -0.119. The smallest absolute Gasteiger partial charge is 0.308 e. The summed E-state index contributed by atoms with van der Waals surface area (Å²) in [5, 5.41) is 4.22. The zero-order chi connectivity index (χ0) is 6.85. The monoisotopic (exact) mass is 127 g/mol. The van der Waals surface area contributed by atoms with Crippen LogP contribution in [0.2, 0.25) is 0 Å². The average molecular weight is 127 g/mol. The number of nitrogens with one attached hydrogen (secondary N) is 2. The quantitative estimate of drug-likeness (QED) is 0.345. The minimum absolute atomic E-state index is 0.449. The van der Waals surface area contributed by atoms with Crippen LogP contribution in [0.1, 0.15) is 0 Å². The van der Waals surface area contributed by atoms with Crippen LogP contribution in [-0.4, -0.2) is 24.8 Å². The molecule has 1 fully saturated rings. The third kappa shape index (κ3) is 0.883. The summed E-state index contributed by atoms with van der Waals surface area (Å²) >= 11 is 0. The Balaban J connectivity index is 2.68. The molecule has 5 heteroatoms. The number of hydrogen-bond donors (Lipinski definition) is 2. The van der Waals surface area contributed by atoms with E-state index in [0.717, 1.165) is 0 Å². The van der Waals surface area contributed by atoms with Crippen LogP contribution in [-0.2, 0) is 4.79 Å². The van der Waals surface area contributed by atoms with Gasteiger partial charge in [-0.3, -0.25) is 15.1 Å². The summed E-state index contributed by atoms with van der Waals surface area (Å²) in [6.45, 7) is 3.10. The van der Waals surface area contributed by atoms with Gasteiger partial charge in [0.15, 0.2) is 0 Å². The van der Waals surface area contributed by atoms with E-state index in [1.807, 2.05) is 5.32 Å². The lowest BCUT2D eigenvalue weighted by Crippen LogP contribution is -2.25. The zero-order valence-corrected chi connectivity index (χ0v) is 4.55. The number of hydrogen-bond acceptors (Lipinski definition) is 3. The van der Waals surface area contributed by atoms with Crippen molar-refractivity contribution in [3.05, 3.63) is 0 Å². The molecule has 0 aromatic heterocycles. The highest BCUT2D eigenvalue weighted by Gasteiger charge is 2.27. The molecule has 1 aliphatic heterocycles. The molecule has 0 radical (unpaired) electrons. The summed E-state index contributed by atoms with van der Waals surface area (Å²) in [7, 11) is 0. The number of aliphatic imine (C=N–C) groups is 1. The van der Waals surface area contributed by atoms with Gasteiger partial charge < -0.3 is 5.32 Å². The molecule has 1 unspecified atom stereocenters. The van der Waals surface area contributed by atoms with Crippen LogP contribution in [0.15, 0.2) is 4.99 Å². The largest absolute Gasteiger partial charge is 0.323 e. The number of amides is 3. The van der Waals surface area contributed by atoms with E-state index < -0.39 is 18.1 Å². The third-order valence-corrected chi connectivity index (χ3v) is 0.935. The molecule has 1 rings (SSSR count). The van der Waals surface area contributed by atoms with Crippen LogP contribution in [0.5, 0.6) is 0 Å². The van der Waals surface area contributed by atoms with Gasteiger partial charge in [-0.2, -0.15) is 0 Å². The van der Waals surface area contributed by atoms with Crippen molar-refractivity contribution in [2.24, 2.45) is 4.99 Å². The first-order chi connectivity index (χ1) is 4.24. The second-order valence-corrected chi connectivity index (χ2v) is 1.55. The fourth-order valence-electron chi connectivity index (χ4n) is 0.535. The molecular weight excluding hydrogens is 122 g/mol. The van der Waals surface area contributed by atoms with Gasteiger partial charge in [-0.25, -0.2) is 4.79 Å². The van der Waals surface area contributed by atoms with Gasteiger partial charge in [0.25, 0.3) is 5.91 Å². The van der Waals surface area contributed by atoms with E-state index in [2.05, 4.69) is 17.0 Å². The number of nitrogens with zero attached hydrogens (tertiary/aromatic N) is 1. The Hall–Kier alpha value is -1.39. The fraction of sp³-hybridized carbons (Fsp3) is 0.250. The van der Waals surface area contributed by atoms with Crippen molar-refractivity contribution < 1.29 is 9.59 Å². The minimum Gasteiger partial charge on any atom is -0.308 e. The molecule has 1 aliphatic rings. The summed E-state index contributed by atoms with van der Waals surface area (Å²) in [5.41, 5.74) is 0. The Morgan fingerprint density at radius 1 is 1.56 bits per heavy atom. The predicted octanol–water partition coefficient (Wildman–Crippen LogP) is -1.15. The summed E-state index contributed by atoms with van der Waals surface area (Å²) < 4.78 is 0. The van der Waals surface area contributed by atoms with E-state index in [1.165, 1.54) is 0 Å². The van der Waals surface area contributed by atoms with Crippen LogP contribution in [0.3, 0.4) is 0 Å². The highest BCUT2D eigenvalue weighted by molar-refractivity contribution is 6.04. The molecule has 2 N–H and O–H groups in total. The maximum atomic E-state index is 10.5. The van der Waals surface area contributed by atoms with Crippen molar-refractivity contribution in [1.82, 2.24) is 10.6 Å². The molecule has 0 aromatic carbocycles. The molecule has 1 heterocycles. The molecule has 3 amide bonds. The first-order valence-corrected chi connectivity index (χ1v) is 2.31. The van der Waals surface area contributed by atoms with E-state index in [9.17, 15) is 9.59 Å². The molecule has 0 aromatic rings. The van der Waals surface area contributed by atoms with Gasteiger partial charge in [0.1, 0.15) is 0 Å². The first kappa shape index (κ1) is 5.74. The minimum atomic E-state index is -0.794. The fourth-order valence-corrected chi connectivity index (χ4v) is 0.535. The van der Waals surface area contributed by atoms with Crippen LogP contribution in [0, 0.1) is 0 Å². The molecule has 0 bridgehead atoms. The molecule has 9 heavy (non-hydrogen) atoms. The molecule has 48 valence electrons. The Labute approximate surface area is 51.1 Å². The number of rotatable bonds is 1. The number of urea groups is 1. The Morgan fingerprint density at radius 3 is 2.44 bits per heavy atom. The summed E-state index contributed by atoms with van der Waals surface area (Å²) in [5.74, 6) is -0.449. The first-order valence-electron chi connectivity index (χ1n) is 2.31. The van der Waals surface area contributed by atoms with Crippen LogP contribution < -0.4 is 10.6 Å². The van der Waals surface area contributed by atoms with Crippen molar-refractivity contribution in [3.8, 4) is 0 Å². The van der Waals surface area contributed by atoms with Crippen molar-refractivity contribution in [3.63, 3.8) is 0 Å². The average Bonchev–Trinajstić information content (AvgIpc) is 2.10. The van der Waals surface area contributed by atoms with Gasteiger partial charge >= 0.3 is 6.03 Å². The molecule has 0 aliphatic carbocycles. The lowest BCUT2D eigenvalue weighted by atomic mass is 10.5. The number of imide groups is 1. The van der Waals surface area contributed by atoms with Gasteiger partial charge in [0, 0.05) is 0 Å². The van der Waals surface area contributed by atoms with Crippen LogP contribution >= 0.6 is 0 Å². The maximum Gasteiger partial charge on any atom is 0.323 e. The van der Waals surface area contributed by atoms with E-state index in [-0.39, 0.29) is 0 Å². The molecule has 5 nitrogen and oxygen atoms in total. The predicted molar refractivity (Wildman–Crippen MR) is 30.0 cm³/mol. The second kappa shape index (κ2) is 1.85. The molecule has 1 saturated heterocycles. The number of carbonyl (C=O) groups is 2. The van der Waals surface area contributed by atoms with Gasteiger partial charge in [0.05, 0.1) is 0 Å². The summed E-state index contributed by atoms with van der Waals surface area (Å²) in [4.78, 5) is 24.1. The van der Waals surface area contributed by atoms with Gasteiger partial charge in [-0.05, 0) is 6.72 Å². The molecular formula is C4H5N3O2. The Kier molecular flexibility index (Phi) is 1.18. The van der Waals surface area contributed by atoms with Crippen molar-refractivity contribution in [2.45, 2.75) is 6.17 Å². The molecule has 0 saturated carbocycles. The van der Waals surface area contributed by atoms with Crippen molar-refractivity contribution in [1.29, 1.82) is 0 Å². The summed E-state index contributed by atoms with van der Waals surface area (Å²) in [6, 6.07) is -0.516. The lowest BCUT2D eigenvalue weighted by Gasteiger charge is -1.94. The highest BCUT2D eigenvalue weighted by Crippen LogP contribution is 1.91. The van der Waals surface area contributed by atoms with Gasteiger partial charge in [-0.15, -0.1) is 0 Å². The van der Waals surface area contributed by atoms with Gasteiger partial charge in [0.2, 0.25) is 6.17 Å². The SMILES string of the molecule is C=NC1NC(=O)NC1=O. The normalized spacial score (nSPS) is 25.1. The second-order valence-electron chi connectivity index (χ2n) is 1.55. The number of carbonyl (C=O) groups excluding carboxylic acids is 2. The van der Waals surface area contributed by atoms with E-state index >= 15 is 0 Å². The van der Waals surface area contributed by atoms with E-state index in [4.69, 9.17) is 0 Å². The molecule has 0 spiro atoms. The Morgan fingerprint density at radius 2 is 2.22 bits per heavy atom. The van der Waals surface area contributed by atoms with Crippen LogP contribution in [0.4, 0.5) is 4.79 Å². The van der Waals surface area contributed by atoms with E-state index in [0.29, 0.717) is 0 Å². The standard InChI is InChI=1S/C4H5N3O2/c1-5-2-3(8)7-4(9)6-2/h2H,1H2,(H2,6,7,8,9).